The fourth-order valence-corrected chi connectivity index (χ4v) is 5.34. The van der Waals surface area contributed by atoms with Gasteiger partial charge in [0.15, 0.2) is 0 Å². The van der Waals surface area contributed by atoms with E-state index in [2.05, 4.69) is 37.7 Å². The van der Waals surface area contributed by atoms with Crippen molar-refractivity contribution in [2.75, 3.05) is 44.2 Å². The highest BCUT2D eigenvalue weighted by molar-refractivity contribution is 9.10. The molecule has 2 saturated heterocycles. The van der Waals surface area contributed by atoms with E-state index in [-0.39, 0.29) is 30.3 Å². The number of piperazine rings is 1. The summed E-state index contributed by atoms with van der Waals surface area (Å²) >= 11 is 3.52. The molecule has 0 spiro atoms. The lowest BCUT2D eigenvalue weighted by molar-refractivity contribution is -0.133. The van der Waals surface area contributed by atoms with Gasteiger partial charge in [0.25, 0.3) is 5.91 Å². The second kappa shape index (κ2) is 10.4. The summed E-state index contributed by atoms with van der Waals surface area (Å²) in [6.07, 6.45) is 4.85. The summed E-state index contributed by atoms with van der Waals surface area (Å²) in [5.74, 6) is 0.627. The van der Waals surface area contributed by atoms with Gasteiger partial charge < -0.3 is 24.6 Å². The number of aryl methyl sites for hydroxylation is 1. The van der Waals surface area contributed by atoms with Gasteiger partial charge in [0.1, 0.15) is 12.4 Å². The number of rotatable bonds is 6. The van der Waals surface area contributed by atoms with Crippen LogP contribution in [-0.2, 0) is 16.1 Å². The number of nitrogens with zero attached hydrogens (tertiary/aromatic N) is 5. The lowest BCUT2D eigenvalue weighted by Crippen LogP contribution is -2.61. The van der Waals surface area contributed by atoms with Gasteiger partial charge in [-0.05, 0) is 42.8 Å². The van der Waals surface area contributed by atoms with Crippen molar-refractivity contribution in [3.05, 3.63) is 71.0 Å². The molecule has 2 aromatic heterocycles. The maximum atomic E-state index is 13.6. The van der Waals surface area contributed by atoms with Gasteiger partial charge in [0, 0.05) is 67.0 Å². The second-order valence-corrected chi connectivity index (χ2v) is 10.4. The fourth-order valence-electron chi connectivity index (χ4n) is 4.98. The molecule has 0 radical (unpaired) electrons. The van der Waals surface area contributed by atoms with E-state index >= 15 is 0 Å². The Morgan fingerprint density at radius 2 is 1.89 bits per heavy atom. The van der Waals surface area contributed by atoms with Crippen LogP contribution in [0.5, 0.6) is 0 Å². The van der Waals surface area contributed by atoms with Gasteiger partial charge in [-0.15, -0.1) is 0 Å². The molecule has 192 valence electrons. The van der Waals surface area contributed by atoms with Crippen molar-refractivity contribution in [2.24, 2.45) is 0 Å². The Morgan fingerprint density at radius 1 is 1.14 bits per heavy atom. The number of likely N-dealkylation sites (tertiary alicyclic amines) is 1. The van der Waals surface area contributed by atoms with Gasteiger partial charge in [-0.1, -0.05) is 28.6 Å². The standard InChI is InChI=1S/C27H29BrN6O3/c1-3-25(36)34-14-20(15-34)30-24(35)17-33-16-22(21-13-19(28)6-7-23(21)33)27(37)32-11-9-31(10-12-32)26-18(2)5-4-8-29-26/h3-8,13,16,20H,1,9-12,14-15,17H2,2H3,(H,30,35). The molecule has 0 aliphatic carbocycles. The monoisotopic (exact) mass is 564 g/mol. The van der Waals surface area contributed by atoms with E-state index < -0.39 is 0 Å². The smallest absolute Gasteiger partial charge is 0.256 e. The molecule has 3 amide bonds. The third-order valence-corrected chi connectivity index (χ3v) is 7.46. The molecular weight excluding hydrogens is 536 g/mol. The van der Waals surface area contributed by atoms with E-state index in [4.69, 9.17) is 0 Å². The van der Waals surface area contributed by atoms with Crippen LogP contribution >= 0.6 is 15.9 Å². The minimum Gasteiger partial charge on any atom is -0.353 e. The first-order valence-electron chi connectivity index (χ1n) is 12.3. The van der Waals surface area contributed by atoms with Crippen LogP contribution in [0, 0.1) is 6.92 Å². The van der Waals surface area contributed by atoms with Crippen molar-refractivity contribution in [1.82, 2.24) is 24.7 Å². The minimum atomic E-state index is -0.158. The number of hydrogen-bond donors (Lipinski definition) is 1. The lowest BCUT2D eigenvalue weighted by atomic mass is 10.1. The van der Waals surface area contributed by atoms with Gasteiger partial charge in [-0.2, -0.15) is 0 Å². The Balaban J connectivity index is 1.28. The quantitative estimate of drug-likeness (QED) is 0.465. The topological polar surface area (TPSA) is 90.8 Å². The Hall–Kier alpha value is -3.66. The Morgan fingerprint density at radius 3 is 2.59 bits per heavy atom. The molecule has 0 bridgehead atoms. The minimum absolute atomic E-state index is 0.0442. The molecule has 37 heavy (non-hydrogen) atoms. The third-order valence-electron chi connectivity index (χ3n) is 6.97. The molecular formula is C27H29BrN6O3. The van der Waals surface area contributed by atoms with Crippen LogP contribution in [0.4, 0.5) is 5.82 Å². The summed E-state index contributed by atoms with van der Waals surface area (Å²) in [5, 5.41) is 3.78. The molecule has 3 aromatic rings. The number of amides is 3. The second-order valence-electron chi connectivity index (χ2n) is 9.47. The summed E-state index contributed by atoms with van der Waals surface area (Å²) in [7, 11) is 0. The summed E-state index contributed by atoms with van der Waals surface area (Å²) in [4.78, 5) is 48.3. The van der Waals surface area contributed by atoms with Gasteiger partial charge >= 0.3 is 0 Å². The lowest BCUT2D eigenvalue weighted by Gasteiger charge is -2.38. The van der Waals surface area contributed by atoms with E-state index in [1.54, 1.807) is 17.3 Å². The predicted molar refractivity (Wildman–Crippen MR) is 145 cm³/mol. The van der Waals surface area contributed by atoms with Crippen LogP contribution in [0.1, 0.15) is 15.9 Å². The highest BCUT2D eigenvalue weighted by atomic mass is 79.9. The van der Waals surface area contributed by atoms with Crippen molar-refractivity contribution in [1.29, 1.82) is 0 Å². The molecule has 1 aromatic carbocycles. The molecule has 2 fully saturated rings. The molecule has 9 nitrogen and oxygen atoms in total. The molecule has 0 unspecified atom stereocenters. The maximum absolute atomic E-state index is 13.6. The molecule has 2 aliphatic rings. The number of aromatic nitrogens is 2. The Bertz CT molecular complexity index is 1370. The zero-order valence-corrected chi connectivity index (χ0v) is 22.3. The fraction of sp³-hybridized carbons (Fsp3) is 0.333. The number of carbonyl (C=O) groups excluding carboxylic acids is 3. The summed E-state index contributed by atoms with van der Waals surface area (Å²) in [6, 6.07) is 9.65. The summed E-state index contributed by atoms with van der Waals surface area (Å²) in [5.41, 5.74) is 2.52. The van der Waals surface area contributed by atoms with Gasteiger partial charge in [-0.25, -0.2) is 4.98 Å². The normalized spacial score (nSPS) is 16.0. The number of fused-ring (bicyclic) bond motifs is 1. The number of anilines is 1. The first kappa shape index (κ1) is 25.0. The van der Waals surface area contributed by atoms with E-state index in [0.29, 0.717) is 44.8 Å². The van der Waals surface area contributed by atoms with Crippen LogP contribution in [0.2, 0.25) is 0 Å². The highest BCUT2D eigenvalue weighted by Crippen LogP contribution is 2.27. The van der Waals surface area contributed by atoms with Gasteiger partial charge in [0.05, 0.1) is 11.6 Å². The number of carbonyl (C=O) groups is 3. The molecule has 2 aliphatic heterocycles. The van der Waals surface area contributed by atoms with Crippen molar-refractivity contribution >= 4 is 50.4 Å². The van der Waals surface area contributed by atoms with Crippen LogP contribution in [0.25, 0.3) is 10.9 Å². The van der Waals surface area contributed by atoms with E-state index in [9.17, 15) is 14.4 Å². The first-order chi connectivity index (χ1) is 17.8. The van der Waals surface area contributed by atoms with Crippen LogP contribution < -0.4 is 10.2 Å². The number of hydrogen-bond acceptors (Lipinski definition) is 5. The molecule has 0 atom stereocenters. The van der Waals surface area contributed by atoms with E-state index in [1.165, 1.54) is 6.08 Å². The molecule has 0 saturated carbocycles. The zero-order chi connectivity index (χ0) is 26.1. The van der Waals surface area contributed by atoms with Gasteiger partial charge in [0.2, 0.25) is 11.8 Å². The van der Waals surface area contributed by atoms with Crippen LogP contribution in [0.15, 0.2) is 59.9 Å². The average Bonchev–Trinajstić information content (AvgIpc) is 3.22. The van der Waals surface area contributed by atoms with Crippen LogP contribution in [-0.4, -0.2) is 82.4 Å². The third kappa shape index (κ3) is 5.11. The zero-order valence-electron chi connectivity index (χ0n) is 20.7. The maximum Gasteiger partial charge on any atom is 0.256 e. The van der Waals surface area contributed by atoms with Crippen molar-refractivity contribution in [2.45, 2.75) is 19.5 Å². The Labute approximate surface area is 223 Å². The van der Waals surface area contributed by atoms with E-state index in [1.807, 2.05) is 46.7 Å². The van der Waals surface area contributed by atoms with Crippen molar-refractivity contribution in [3.63, 3.8) is 0 Å². The largest absolute Gasteiger partial charge is 0.353 e. The number of benzene rings is 1. The predicted octanol–water partition coefficient (Wildman–Crippen LogP) is 2.58. The van der Waals surface area contributed by atoms with E-state index in [0.717, 1.165) is 26.8 Å². The first-order valence-corrected chi connectivity index (χ1v) is 13.1. The molecule has 4 heterocycles. The molecule has 1 N–H and O–H groups in total. The van der Waals surface area contributed by atoms with Crippen molar-refractivity contribution < 1.29 is 14.4 Å². The molecule has 5 rings (SSSR count). The number of halogens is 1. The SMILES string of the molecule is C=CC(=O)N1CC(NC(=O)Cn2cc(C(=O)N3CCN(c4ncccc4C)CC3)c3cc(Br)ccc32)C1. The number of pyridine rings is 1. The van der Waals surface area contributed by atoms with Gasteiger partial charge in [-0.3, -0.25) is 14.4 Å². The average molecular weight is 565 g/mol. The summed E-state index contributed by atoms with van der Waals surface area (Å²) < 4.78 is 2.69. The Kier molecular flexibility index (Phi) is 7.01. The molecule has 10 heteroatoms. The highest BCUT2D eigenvalue weighted by Gasteiger charge is 2.31. The van der Waals surface area contributed by atoms with Crippen molar-refractivity contribution in [3.8, 4) is 0 Å². The van der Waals surface area contributed by atoms with Crippen LogP contribution in [0.3, 0.4) is 0 Å². The number of nitrogens with one attached hydrogen (secondary N) is 1. The summed E-state index contributed by atoms with van der Waals surface area (Å²) in [6.45, 7) is 9.18.